The Morgan fingerprint density at radius 2 is 1.78 bits per heavy atom. The van der Waals surface area contributed by atoms with Crippen molar-refractivity contribution in [2.75, 3.05) is 33.5 Å². The lowest BCUT2D eigenvalue weighted by Gasteiger charge is -2.64. The van der Waals surface area contributed by atoms with Crippen molar-refractivity contribution in [1.29, 1.82) is 0 Å². The zero-order valence-electron chi connectivity index (χ0n) is 32.4. The van der Waals surface area contributed by atoms with Gasteiger partial charge in [0.1, 0.15) is 17.8 Å². The summed E-state index contributed by atoms with van der Waals surface area (Å²) in [7, 11) is 1.66. The Morgan fingerprint density at radius 3 is 2.53 bits per heavy atom. The van der Waals surface area contributed by atoms with Gasteiger partial charge in [0.05, 0.1) is 29.2 Å². The molecule has 16 unspecified atom stereocenters. The van der Waals surface area contributed by atoms with Crippen molar-refractivity contribution in [1.82, 2.24) is 10.2 Å². The van der Waals surface area contributed by atoms with Gasteiger partial charge >= 0.3 is 0 Å². The first kappa shape index (κ1) is 38.3. The number of aliphatic hydroxyl groups is 6. The second-order valence-corrected chi connectivity index (χ2v) is 19.1. The highest BCUT2D eigenvalue weighted by Gasteiger charge is 2.76. The van der Waals surface area contributed by atoms with Gasteiger partial charge in [-0.1, -0.05) is 25.8 Å². The molecule has 3 saturated carbocycles. The standard InChI is InChI=1S/C42H58N2O11/c1-36-12-8-24(54-18-6-17-53-4)19-27(36)28(46)20-30-39(36)11-5-7-23-21-44(23)35(47)32-25-9-14-41(50,43-32)34-31(25)26(22-45)33(55-34)42(51,52)38(3,48)29-10-13-40(30,49)37(29,2)15-16-39/h9,14,20,23-27,29,31-34,43,45,48-52H,6-8,10,12-13,15-19,21-22H2,1-4H3. The van der Waals surface area contributed by atoms with Crippen molar-refractivity contribution in [2.24, 2.45) is 45.8 Å². The summed E-state index contributed by atoms with van der Waals surface area (Å²) in [4.78, 5) is 30.3. The maximum absolute atomic E-state index is 14.4. The van der Waals surface area contributed by atoms with Crippen molar-refractivity contribution in [3.8, 4) is 11.8 Å². The van der Waals surface area contributed by atoms with Crippen LogP contribution in [-0.2, 0) is 23.8 Å². The summed E-state index contributed by atoms with van der Waals surface area (Å²) >= 11 is 0. The Kier molecular flexibility index (Phi) is 8.63. The van der Waals surface area contributed by atoms with Crippen molar-refractivity contribution in [3.05, 3.63) is 23.8 Å². The Hall–Kier alpha value is -2.22. The van der Waals surface area contributed by atoms with Gasteiger partial charge in [0.2, 0.25) is 11.7 Å². The fraction of sp³-hybridized carbons (Fsp3) is 0.810. The average Bonchev–Trinajstić information content (AvgIpc) is 3.69. The van der Waals surface area contributed by atoms with E-state index in [1.165, 1.54) is 13.0 Å². The zero-order valence-corrected chi connectivity index (χ0v) is 32.4. The minimum atomic E-state index is -2.97. The lowest BCUT2D eigenvalue weighted by atomic mass is 9.39. The molecule has 5 aliphatic carbocycles. The number of rotatable bonds is 6. The molecular weight excluding hydrogens is 708 g/mol. The van der Waals surface area contributed by atoms with E-state index in [4.69, 9.17) is 14.2 Å². The number of nitrogens with one attached hydrogen (secondary N) is 1. The van der Waals surface area contributed by atoms with E-state index < -0.39 is 93.4 Å². The van der Waals surface area contributed by atoms with Crippen molar-refractivity contribution in [2.45, 2.75) is 132 Å². The summed E-state index contributed by atoms with van der Waals surface area (Å²) in [5, 5.41) is 76.3. The number of carbonyl (C=O) groups excluding carboxylic acids is 2. The number of amides is 1. The van der Waals surface area contributed by atoms with E-state index in [1.54, 1.807) is 24.2 Å². The quantitative estimate of drug-likeness (QED) is 0.0653. The van der Waals surface area contributed by atoms with Gasteiger partial charge in [0.15, 0.2) is 11.5 Å². The molecule has 3 saturated heterocycles. The van der Waals surface area contributed by atoms with Crippen LogP contribution in [0.3, 0.4) is 0 Å². The van der Waals surface area contributed by atoms with Crippen LogP contribution in [0, 0.1) is 57.7 Å². The Balaban J connectivity index is 1.15. The lowest BCUT2D eigenvalue weighted by molar-refractivity contribution is -0.346. The molecule has 0 aromatic rings. The number of aliphatic hydroxyl groups excluding tert-OH is 1. The second-order valence-electron chi connectivity index (χ2n) is 19.1. The lowest BCUT2D eigenvalue weighted by Crippen LogP contribution is -2.71. The molecule has 1 amide bonds. The van der Waals surface area contributed by atoms with Gasteiger partial charge in [-0.15, -0.1) is 5.92 Å². The molecule has 13 heteroatoms. The minimum Gasteiger partial charge on any atom is -0.396 e. The van der Waals surface area contributed by atoms with E-state index in [0.717, 1.165) is 12.8 Å². The van der Waals surface area contributed by atoms with Gasteiger partial charge < -0.3 is 49.7 Å². The third-order valence-electron chi connectivity index (χ3n) is 16.8. The van der Waals surface area contributed by atoms with Gasteiger partial charge in [-0.05, 0) is 81.4 Å². The van der Waals surface area contributed by atoms with E-state index >= 15 is 0 Å². The van der Waals surface area contributed by atoms with E-state index in [9.17, 15) is 40.2 Å². The zero-order chi connectivity index (χ0) is 39.1. The highest BCUT2D eigenvalue weighted by atomic mass is 16.6. The third-order valence-corrected chi connectivity index (χ3v) is 16.8. The van der Waals surface area contributed by atoms with E-state index in [1.807, 2.05) is 6.92 Å². The molecule has 9 bridgehead atoms. The molecule has 0 radical (unpaired) electrons. The molecule has 13 nitrogen and oxygen atoms in total. The van der Waals surface area contributed by atoms with Gasteiger partial charge in [-0.25, -0.2) is 0 Å². The molecule has 6 fully saturated rings. The molecular formula is C42H58N2O11. The van der Waals surface area contributed by atoms with Crippen molar-refractivity contribution >= 4 is 11.7 Å². The molecule has 6 aliphatic heterocycles. The monoisotopic (exact) mass is 766 g/mol. The Morgan fingerprint density at radius 1 is 1.00 bits per heavy atom. The van der Waals surface area contributed by atoms with Crippen LogP contribution < -0.4 is 5.32 Å². The smallest absolute Gasteiger partial charge is 0.240 e. The van der Waals surface area contributed by atoms with Crippen molar-refractivity contribution in [3.63, 3.8) is 0 Å². The van der Waals surface area contributed by atoms with E-state index in [2.05, 4.69) is 24.1 Å². The molecule has 7 N–H and O–H groups in total. The number of nitrogens with zero attached hydrogens (tertiary/aromatic N) is 1. The molecule has 6 heterocycles. The van der Waals surface area contributed by atoms with Crippen LogP contribution in [0.2, 0.25) is 0 Å². The summed E-state index contributed by atoms with van der Waals surface area (Å²) in [5.41, 5.74) is -7.87. The molecule has 1 spiro atoms. The Labute approximate surface area is 322 Å². The SMILES string of the molecule is COCCCOC1CCC2(C)C(C1)C(=O)C=C1C3(O)CCC4C(C)(O)C(O)(O)C5OC6C(C7C=CC6(O)NC7C(=O)N6CC6CC#CC12CCC43C)C5CO. The average molecular weight is 767 g/mol. The number of hydrogen-bond donors (Lipinski definition) is 7. The van der Waals surface area contributed by atoms with Gasteiger partial charge in [0, 0.05) is 74.9 Å². The van der Waals surface area contributed by atoms with E-state index in [0.29, 0.717) is 57.4 Å². The fourth-order valence-electron chi connectivity index (χ4n) is 13.5. The van der Waals surface area contributed by atoms with Crippen LogP contribution in [0.1, 0.15) is 78.6 Å². The maximum Gasteiger partial charge on any atom is 0.240 e. The molecule has 0 aromatic heterocycles. The summed E-state index contributed by atoms with van der Waals surface area (Å²) in [6, 6.07) is -1.00. The normalized spacial score (nSPS) is 52.8. The minimum absolute atomic E-state index is 0.0758. The molecule has 11 aliphatic rings. The summed E-state index contributed by atoms with van der Waals surface area (Å²) in [6.07, 6.45) is 6.53. The summed E-state index contributed by atoms with van der Waals surface area (Å²) < 4.78 is 17.8. The largest absolute Gasteiger partial charge is 0.396 e. The molecule has 55 heavy (non-hydrogen) atoms. The fourth-order valence-corrected chi connectivity index (χ4v) is 13.5. The number of ketones is 1. The molecule has 0 aromatic carbocycles. The van der Waals surface area contributed by atoms with Crippen LogP contribution >= 0.6 is 0 Å². The molecule has 302 valence electrons. The Bertz CT molecular complexity index is 1770. The van der Waals surface area contributed by atoms with Gasteiger partial charge in [-0.3, -0.25) is 14.9 Å². The first-order valence-electron chi connectivity index (χ1n) is 20.5. The molecule has 16 atom stereocenters. The number of hydrogen-bond acceptors (Lipinski definition) is 12. The number of piperidine rings is 1. The van der Waals surface area contributed by atoms with Crippen molar-refractivity contribution < 1.29 is 54.4 Å². The van der Waals surface area contributed by atoms with Crippen LogP contribution in [0.15, 0.2) is 23.8 Å². The highest BCUT2D eigenvalue weighted by Crippen LogP contribution is 2.73. The number of allylic oxidation sites excluding steroid dienone is 1. The van der Waals surface area contributed by atoms with Crippen LogP contribution in [-0.4, -0.2) is 134 Å². The number of methoxy groups -OCH3 is 1. The first-order valence-corrected chi connectivity index (χ1v) is 20.5. The predicted molar refractivity (Wildman–Crippen MR) is 195 cm³/mol. The molecule has 11 rings (SSSR count). The van der Waals surface area contributed by atoms with Crippen LogP contribution in [0.25, 0.3) is 0 Å². The third kappa shape index (κ3) is 4.90. The first-order chi connectivity index (χ1) is 25.9. The van der Waals surface area contributed by atoms with Crippen LogP contribution in [0.5, 0.6) is 0 Å². The maximum atomic E-state index is 14.4. The van der Waals surface area contributed by atoms with Gasteiger partial charge in [0.25, 0.3) is 0 Å². The van der Waals surface area contributed by atoms with Gasteiger partial charge in [-0.2, -0.15) is 0 Å². The van der Waals surface area contributed by atoms with E-state index in [-0.39, 0.29) is 36.7 Å². The van der Waals surface area contributed by atoms with Crippen LogP contribution in [0.4, 0.5) is 0 Å². The second kappa shape index (κ2) is 12.4. The summed E-state index contributed by atoms with van der Waals surface area (Å²) in [5.74, 6) is 0.471. The number of carbonyl (C=O) groups is 2. The topological polar surface area (TPSA) is 198 Å². The number of ether oxygens (including phenoxy) is 3. The summed E-state index contributed by atoms with van der Waals surface area (Å²) in [6.45, 7) is 6.43. The number of fused-ring (bicyclic) bond motifs is 4. The predicted octanol–water partition coefficient (Wildman–Crippen LogP) is 0.540. The highest BCUT2D eigenvalue weighted by molar-refractivity contribution is 5.96.